The van der Waals surface area contributed by atoms with Crippen LogP contribution in [0.5, 0.6) is 0 Å². The number of allylic oxidation sites excluding steroid dienone is 29. The van der Waals surface area contributed by atoms with Gasteiger partial charge >= 0.3 is 39.5 Å². The summed E-state index contributed by atoms with van der Waals surface area (Å²) >= 11 is 0. The van der Waals surface area contributed by atoms with Crippen LogP contribution in [0.3, 0.4) is 0 Å². The SMILES string of the molecule is CC/C=C\C/C=C\C/C=C\C/C=C\C/C=C\C/C=C\CCC(=O)OCC(COP(=O)(O)OCC(O)COP(=O)(O)OCC(COC(=O)CCCCCCC/C=C\C/C=C\C/C=C\CC)OC(=O)CCCCCCC/C=C\CCCC)OC(=O)C/C=C\C/C=C\C/C=C\C/C=C\C/C=C\CC. The number of aliphatic hydroxyl groups excluding tert-OH is 1. The lowest BCUT2D eigenvalue weighted by molar-refractivity contribution is -0.161. The fourth-order valence-corrected chi connectivity index (χ4v) is 10.4. The average Bonchev–Trinajstić information content (AvgIpc) is 0.985. The summed E-state index contributed by atoms with van der Waals surface area (Å²) in [7, 11) is -10.0. The molecule has 100 heavy (non-hydrogen) atoms. The molecule has 0 aromatic heterocycles. The van der Waals surface area contributed by atoms with Crippen molar-refractivity contribution in [1.82, 2.24) is 0 Å². The zero-order chi connectivity index (χ0) is 73.2. The van der Waals surface area contributed by atoms with Gasteiger partial charge in [-0.05, 0) is 141 Å². The van der Waals surface area contributed by atoms with Crippen LogP contribution in [0.4, 0.5) is 0 Å². The smallest absolute Gasteiger partial charge is 0.462 e. The Bertz CT molecular complexity index is 2620. The third-order valence-corrected chi connectivity index (χ3v) is 16.3. The number of aliphatic hydroxyl groups is 1. The van der Waals surface area contributed by atoms with Crippen LogP contribution in [0.2, 0.25) is 0 Å². The molecule has 0 amide bonds. The van der Waals surface area contributed by atoms with E-state index in [1.54, 1.807) is 12.2 Å². The van der Waals surface area contributed by atoms with E-state index in [1.807, 2.05) is 30.4 Å². The summed E-state index contributed by atoms with van der Waals surface area (Å²) < 4.78 is 68.1. The molecule has 0 heterocycles. The third-order valence-electron chi connectivity index (χ3n) is 14.4. The summed E-state index contributed by atoms with van der Waals surface area (Å²) in [4.78, 5) is 72.7. The molecule has 0 fully saturated rings. The number of hydrogen-bond donors (Lipinski definition) is 3. The van der Waals surface area contributed by atoms with Gasteiger partial charge in [-0.15, -0.1) is 0 Å². The van der Waals surface area contributed by atoms with Crippen molar-refractivity contribution in [2.45, 2.75) is 264 Å². The second-order valence-corrected chi connectivity index (χ2v) is 26.7. The lowest BCUT2D eigenvalue weighted by Crippen LogP contribution is -2.30. The molecule has 5 atom stereocenters. The van der Waals surface area contributed by atoms with Gasteiger partial charge in [-0.25, -0.2) is 9.13 Å². The van der Waals surface area contributed by atoms with Crippen LogP contribution < -0.4 is 0 Å². The zero-order valence-corrected chi connectivity index (χ0v) is 63.1. The molecule has 0 aromatic rings. The molecular weight excluding hydrogens is 1310 g/mol. The van der Waals surface area contributed by atoms with Crippen LogP contribution in [-0.2, 0) is 65.4 Å². The number of hydrogen-bond acceptors (Lipinski definition) is 15. The summed E-state index contributed by atoms with van der Waals surface area (Å²) in [5, 5.41) is 10.6. The van der Waals surface area contributed by atoms with Gasteiger partial charge < -0.3 is 33.8 Å². The van der Waals surface area contributed by atoms with Gasteiger partial charge in [-0.3, -0.25) is 37.3 Å². The average molecular weight is 1440 g/mol. The van der Waals surface area contributed by atoms with Gasteiger partial charge in [-0.1, -0.05) is 261 Å². The highest BCUT2D eigenvalue weighted by molar-refractivity contribution is 7.47. The van der Waals surface area contributed by atoms with Crippen LogP contribution in [-0.4, -0.2) is 96.7 Å². The second kappa shape index (κ2) is 71.6. The molecule has 17 nitrogen and oxygen atoms in total. The number of unbranched alkanes of at least 4 members (excludes halogenated alkanes) is 12. The topological polar surface area (TPSA) is 237 Å². The van der Waals surface area contributed by atoms with Crippen molar-refractivity contribution in [2.75, 3.05) is 39.6 Å². The maximum atomic E-state index is 13.1. The van der Waals surface area contributed by atoms with E-state index in [-0.39, 0.29) is 25.7 Å². The predicted molar refractivity (Wildman–Crippen MR) is 408 cm³/mol. The molecule has 19 heteroatoms. The van der Waals surface area contributed by atoms with Gasteiger partial charge in [0.25, 0.3) is 0 Å². The quantitative estimate of drug-likeness (QED) is 0.0169. The van der Waals surface area contributed by atoms with E-state index in [0.717, 1.165) is 148 Å². The first kappa shape index (κ1) is 94.2. The van der Waals surface area contributed by atoms with Gasteiger partial charge in [-0.2, -0.15) is 0 Å². The molecule has 0 aliphatic rings. The molecule has 0 aromatic carbocycles. The van der Waals surface area contributed by atoms with Crippen LogP contribution in [0.1, 0.15) is 246 Å². The molecule has 0 aliphatic carbocycles. The highest BCUT2D eigenvalue weighted by Crippen LogP contribution is 2.45. The van der Waals surface area contributed by atoms with Gasteiger partial charge in [0, 0.05) is 19.3 Å². The monoisotopic (exact) mass is 1430 g/mol. The molecule has 0 rings (SSSR count). The van der Waals surface area contributed by atoms with Crippen LogP contribution in [0.25, 0.3) is 0 Å². The minimum atomic E-state index is -5.02. The van der Waals surface area contributed by atoms with Gasteiger partial charge in [0.05, 0.1) is 32.8 Å². The molecule has 0 saturated heterocycles. The van der Waals surface area contributed by atoms with Crippen molar-refractivity contribution in [3.05, 3.63) is 182 Å². The number of phosphoric ester groups is 2. The van der Waals surface area contributed by atoms with E-state index in [4.69, 9.17) is 37.0 Å². The van der Waals surface area contributed by atoms with Crippen molar-refractivity contribution in [1.29, 1.82) is 0 Å². The number of rotatable bonds is 67. The minimum Gasteiger partial charge on any atom is -0.462 e. The number of phosphoric acid groups is 2. The van der Waals surface area contributed by atoms with Crippen LogP contribution >= 0.6 is 15.6 Å². The molecule has 0 aliphatic heterocycles. The van der Waals surface area contributed by atoms with Crippen molar-refractivity contribution in [3.63, 3.8) is 0 Å². The molecule has 5 unspecified atom stereocenters. The number of carbonyl (C=O) groups excluding carboxylic acids is 4. The van der Waals surface area contributed by atoms with Crippen LogP contribution in [0.15, 0.2) is 182 Å². The Kier molecular flexibility index (Phi) is 67.4. The Morgan fingerprint density at radius 3 is 0.960 bits per heavy atom. The molecule has 3 N–H and O–H groups in total. The summed E-state index contributed by atoms with van der Waals surface area (Å²) in [5.74, 6) is -2.47. The Morgan fingerprint density at radius 1 is 0.300 bits per heavy atom. The fraction of sp³-hybridized carbons (Fsp3) is 0.580. The molecule has 0 bridgehead atoms. The summed E-state index contributed by atoms with van der Waals surface area (Å²) in [5.41, 5.74) is 0. The molecule has 0 saturated carbocycles. The third kappa shape index (κ3) is 70.6. The minimum absolute atomic E-state index is 0.00918. The Hall–Kier alpha value is -5.84. The Labute approximate surface area is 603 Å². The maximum absolute atomic E-state index is 13.1. The summed E-state index contributed by atoms with van der Waals surface area (Å²) in [6, 6.07) is 0. The fourth-order valence-electron chi connectivity index (χ4n) is 8.84. The maximum Gasteiger partial charge on any atom is 0.472 e. The van der Waals surface area contributed by atoms with E-state index in [2.05, 4.69) is 167 Å². The first-order valence-corrected chi connectivity index (χ1v) is 40.0. The highest BCUT2D eigenvalue weighted by Gasteiger charge is 2.30. The first-order chi connectivity index (χ1) is 48.7. The normalized spacial score (nSPS) is 15.0. The lowest BCUT2D eigenvalue weighted by Gasteiger charge is -2.21. The standard InChI is InChI=1S/C81H128O17P2/c1-5-9-13-17-21-25-29-32-35-36-37-38-41-43-47-50-54-58-62-66-79(84)92-72-77(98-81(86)68-64-60-56-52-48-44-40-34-31-27-23-19-15-11-7-3)74-96-100(89,90)94-70-75(82)69-93-99(87,88)95-73-76(97-80(85)67-63-59-55-51-45-28-24-20-16-12-8-4)71-91-78(83)65-61-57-53-49-46-42-39-33-30-26-22-18-14-10-6-2/h9-11,13-15,20-27,32-35,37-40,43,47-48,52,54,58,60,64,75-77,82H,5-8,12,16-19,28-31,36,41-42,44-46,49-51,53,55-57,59,61-63,65-74H2,1-4H3,(H,87,88)(H,89,90)/b13-9-,14-10-,15-11-,24-20-,25-21-,26-22-,27-23-,35-32-,38-37-,39-33-,40-34-,47-43-,52-48-,58-54-,64-60-. The second-order valence-electron chi connectivity index (χ2n) is 23.8. The van der Waals surface area contributed by atoms with Crippen LogP contribution in [0, 0.1) is 0 Å². The van der Waals surface area contributed by atoms with Crippen molar-refractivity contribution >= 4 is 39.5 Å². The summed E-state index contributed by atoms with van der Waals surface area (Å²) in [6.45, 7) is 4.21. The zero-order valence-electron chi connectivity index (χ0n) is 61.3. The molecule has 0 spiro atoms. The number of esters is 4. The van der Waals surface area contributed by atoms with E-state index in [1.165, 1.54) is 12.8 Å². The van der Waals surface area contributed by atoms with Crippen molar-refractivity contribution in [3.8, 4) is 0 Å². The largest absolute Gasteiger partial charge is 0.472 e. The van der Waals surface area contributed by atoms with Crippen molar-refractivity contribution in [2.24, 2.45) is 0 Å². The highest BCUT2D eigenvalue weighted by atomic mass is 31.2. The van der Waals surface area contributed by atoms with Gasteiger partial charge in [0.2, 0.25) is 0 Å². The van der Waals surface area contributed by atoms with Crippen molar-refractivity contribution < 1.29 is 80.2 Å². The molecular formula is C81H128O17P2. The Balaban J connectivity index is 5.50. The summed E-state index contributed by atoms with van der Waals surface area (Å²) in [6.07, 6.45) is 85.2. The molecule has 0 radical (unpaired) electrons. The predicted octanol–water partition coefficient (Wildman–Crippen LogP) is 21.2. The van der Waals surface area contributed by atoms with Gasteiger partial charge in [0.1, 0.15) is 19.3 Å². The molecule has 564 valence electrons. The van der Waals surface area contributed by atoms with E-state index >= 15 is 0 Å². The Morgan fingerprint density at radius 2 is 0.580 bits per heavy atom. The number of carbonyl (C=O) groups is 4. The van der Waals surface area contributed by atoms with E-state index < -0.39 is 97.5 Å². The number of ether oxygens (including phenoxy) is 4. The van der Waals surface area contributed by atoms with Gasteiger partial charge in [0.15, 0.2) is 12.2 Å². The first-order valence-electron chi connectivity index (χ1n) is 37.0. The van der Waals surface area contributed by atoms with E-state index in [9.17, 15) is 43.2 Å². The lowest BCUT2D eigenvalue weighted by atomic mass is 10.1. The van der Waals surface area contributed by atoms with E-state index in [0.29, 0.717) is 32.1 Å².